The third-order valence-corrected chi connectivity index (χ3v) is 4.05. The monoisotopic (exact) mass is 486 g/mol. The molecule has 2 aromatic heterocycles. The van der Waals surface area contributed by atoms with E-state index < -0.39 is 24.3 Å². The predicted molar refractivity (Wildman–Crippen MR) is 98.9 cm³/mol. The molecule has 0 spiro atoms. The Bertz CT molecular complexity index is 875. The van der Waals surface area contributed by atoms with Crippen LogP contribution >= 0.6 is 0 Å². The van der Waals surface area contributed by atoms with E-state index >= 15 is 0 Å². The number of fused-ring (bicyclic) bond motifs is 1. The van der Waals surface area contributed by atoms with Gasteiger partial charge in [-0.25, -0.2) is 9.59 Å². The molecule has 0 bridgehead atoms. The third kappa shape index (κ3) is 9.91. The molecule has 0 aliphatic carbocycles. The molecule has 0 aromatic carbocycles. The lowest BCUT2D eigenvalue weighted by Gasteiger charge is -2.28. The molecule has 2 aromatic rings. The number of halogens is 6. The molecule has 184 valence electrons. The second-order valence-corrected chi connectivity index (χ2v) is 6.52. The SMILES string of the molecule is COCc1cncc2c1CCN(Cc1ccco1)C2.O=C(O)C(F)(F)F.O=C(O)C(F)(F)F. The first-order valence-electron chi connectivity index (χ1n) is 9.04. The topological polar surface area (TPSA) is 113 Å². The van der Waals surface area contributed by atoms with Gasteiger partial charge in [0, 0.05) is 32.6 Å². The fourth-order valence-electron chi connectivity index (χ4n) is 2.66. The van der Waals surface area contributed by atoms with E-state index in [0.717, 1.165) is 31.8 Å². The number of furan rings is 1. The van der Waals surface area contributed by atoms with Crippen LogP contribution in [-0.4, -0.2) is 58.0 Å². The van der Waals surface area contributed by atoms with Gasteiger partial charge < -0.3 is 19.4 Å². The van der Waals surface area contributed by atoms with Crippen molar-refractivity contribution >= 4 is 11.9 Å². The minimum absolute atomic E-state index is 0.647. The zero-order valence-electron chi connectivity index (χ0n) is 17.1. The average molecular weight is 486 g/mol. The van der Waals surface area contributed by atoms with Crippen LogP contribution in [0.5, 0.6) is 0 Å². The van der Waals surface area contributed by atoms with Crippen LogP contribution in [-0.2, 0) is 40.4 Å². The number of ether oxygens (including phenoxy) is 1. The average Bonchev–Trinajstić information content (AvgIpc) is 3.21. The summed E-state index contributed by atoms with van der Waals surface area (Å²) in [5.41, 5.74) is 3.94. The van der Waals surface area contributed by atoms with Crippen molar-refractivity contribution < 1.29 is 55.3 Å². The van der Waals surface area contributed by atoms with Crippen LogP contribution in [0.3, 0.4) is 0 Å². The van der Waals surface area contributed by atoms with Gasteiger partial charge in [0.15, 0.2) is 0 Å². The first kappa shape index (κ1) is 27.9. The summed E-state index contributed by atoms with van der Waals surface area (Å²) in [5, 5.41) is 14.2. The van der Waals surface area contributed by atoms with Crippen molar-refractivity contribution in [1.29, 1.82) is 0 Å². The third-order valence-electron chi connectivity index (χ3n) is 4.05. The largest absolute Gasteiger partial charge is 0.490 e. The van der Waals surface area contributed by atoms with Gasteiger partial charge >= 0.3 is 24.3 Å². The van der Waals surface area contributed by atoms with E-state index in [4.69, 9.17) is 29.0 Å². The molecular formula is C19H20F6N2O6. The highest BCUT2D eigenvalue weighted by Gasteiger charge is 2.38. The highest BCUT2D eigenvalue weighted by atomic mass is 19.4. The van der Waals surface area contributed by atoms with Crippen molar-refractivity contribution in [3.05, 3.63) is 53.2 Å². The Labute approximate surface area is 183 Å². The number of aliphatic carboxylic acids is 2. The van der Waals surface area contributed by atoms with Crippen LogP contribution in [0, 0.1) is 0 Å². The maximum Gasteiger partial charge on any atom is 0.490 e. The standard InChI is InChI=1S/C15H18N2O2.2C2HF3O2/c1-18-11-13-8-16-7-12-9-17(5-4-15(12)13)10-14-3-2-6-19-14;2*3-2(4,5)1(6)7/h2-3,6-8H,4-5,9-11H2,1H3;2*(H,6,7). The summed E-state index contributed by atoms with van der Waals surface area (Å²) in [6.07, 6.45) is -3.49. The summed E-state index contributed by atoms with van der Waals surface area (Å²) in [5.74, 6) is -4.50. The van der Waals surface area contributed by atoms with Gasteiger partial charge in [-0.15, -0.1) is 0 Å². The Kier molecular flexibility index (Phi) is 10.3. The van der Waals surface area contributed by atoms with Gasteiger partial charge in [0.05, 0.1) is 19.4 Å². The van der Waals surface area contributed by atoms with E-state index in [1.165, 1.54) is 16.7 Å². The molecule has 0 saturated heterocycles. The maximum absolute atomic E-state index is 10.6. The fourth-order valence-corrected chi connectivity index (χ4v) is 2.66. The zero-order valence-corrected chi connectivity index (χ0v) is 17.1. The molecule has 0 unspecified atom stereocenters. The highest BCUT2D eigenvalue weighted by Crippen LogP contribution is 2.23. The van der Waals surface area contributed by atoms with Crippen molar-refractivity contribution in [2.75, 3.05) is 13.7 Å². The maximum atomic E-state index is 10.6. The predicted octanol–water partition coefficient (Wildman–Crippen LogP) is 3.65. The Hall–Kier alpha value is -3.13. The van der Waals surface area contributed by atoms with Crippen LogP contribution in [0.4, 0.5) is 26.3 Å². The van der Waals surface area contributed by atoms with Gasteiger partial charge in [0.25, 0.3) is 0 Å². The number of methoxy groups -OCH3 is 1. The minimum Gasteiger partial charge on any atom is -0.475 e. The van der Waals surface area contributed by atoms with Crippen LogP contribution in [0.15, 0.2) is 35.2 Å². The van der Waals surface area contributed by atoms with Crippen LogP contribution in [0.2, 0.25) is 0 Å². The molecule has 33 heavy (non-hydrogen) atoms. The lowest BCUT2D eigenvalue weighted by molar-refractivity contribution is -0.193. The molecule has 3 heterocycles. The summed E-state index contributed by atoms with van der Waals surface area (Å²) in [7, 11) is 1.73. The van der Waals surface area contributed by atoms with E-state index in [-0.39, 0.29) is 0 Å². The summed E-state index contributed by atoms with van der Waals surface area (Å²) >= 11 is 0. The molecule has 2 N–H and O–H groups in total. The van der Waals surface area contributed by atoms with E-state index in [1.807, 2.05) is 24.5 Å². The van der Waals surface area contributed by atoms with E-state index in [2.05, 4.69) is 9.88 Å². The number of carboxylic acids is 2. The summed E-state index contributed by atoms with van der Waals surface area (Å²) in [6, 6.07) is 3.96. The number of pyridine rings is 1. The molecular weight excluding hydrogens is 466 g/mol. The molecule has 14 heteroatoms. The second kappa shape index (κ2) is 12.2. The summed E-state index contributed by atoms with van der Waals surface area (Å²) in [6.45, 7) is 3.49. The lowest BCUT2D eigenvalue weighted by Crippen LogP contribution is -2.30. The number of rotatable bonds is 4. The van der Waals surface area contributed by atoms with E-state index in [1.54, 1.807) is 13.4 Å². The number of nitrogens with zero attached hydrogens (tertiary/aromatic N) is 2. The molecule has 1 aliphatic heterocycles. The number of alkyl halides is 6. The van der Waals surface area contributed by atoms with Crippen LogP contribution in [0.1, 0.15) is 22.5 Å². The second-order valence-electron chi connectivity index (χ2n) is 6.52. The van der Waals surface area contributed by atoms with Gasteiger partial charge in [-0.2, -0.15) is 26.3 Å². The van der Waals surface area contributed by atoms with Crippen molar-refractivity contribution in [2.24, 2.45) is 0 Å². The first-order valence-corrected chi connectivity index (χ1v) is 9.04. The van der Waals surface area contributed by atoms with Crippen molar-refractivity contribution in [2.45, 2.75) is 38.5 Å². The molecule has 3 rings (SSSR count). The van der Waals surface area contributed by atoms with Crippen molar-refractivity contribution in [3.8, 4) is 0 Å². The van der Waals surface area contributed by atoms with Gasteiger partial charge in [-0.3, -0.25) is 9.88 Å². The molecule has 0 saturated carbocycles. The molecule has 0 radical (unpaired) electrons. The van der Waals surface area contributed by atoms with E-state index in [9.17, 15) is 26.3 Å². The number of carbonyl (C=O) groups is 2. The van der Waals surface area contributed by atoms with Crippen LogP contribution in [0.25, 0.3) is 0 Å². The molecule has 0 fully saturated rings. The minimum atomic E-state index is -5.08. The quantitative estimate of drug-likeness (QED) is 0.630. The fraction of sp³-hybridized carbons (Fsp3) is 0.421. The van der Waals surface area contributed by atoms with Gasteiger partial charge in [-0.1, -0.05) is 0 Å². The first-order chi connectivity index (χ1) is 15.3. The normalized spacial score (nSPS) is 13.7. The Balaban J connectivity index is 0.000000324. The van der Waals surface area contributed by atoms with Crippen molar-refractivity contribution in [3.63, 3.8) is 0 Å². The van der Waals surface area contributed by atoms with Gasteiger partial charge in [0.1, 0.15) is 5.76 Å². The number of carboxylic acid groups (broad SMARTS) is 2. The highest BCUT2D eigenvalue weighted by molar-refractivity contribution is 5.73. The molecule has 1 aliphatic rings. The van der Waals surface area contributed by atoms with E-state index in [0.29, 0.717) is 6.61 Å². The van der Waals surface area contributed by atoms with Gasteiger partial charge in [0.2, 0.25) is 0 Å². The molecule has 0 amide bonds. The zero-order chi connectivity index (χ0) is 25.2. The summed E-state index contributed by atoms with van der Waals surface area (Å²) in [4.78, 5) is 24.5. The number of hydrogen-bond donors (Lipinski definition) is 2. The Morgan fingerprint density at radius 2 is 1.70 bits per heavy atom. The van der Waals surface area contributed by atoms with Crippen LogP contribution < -0.4 is 0 Å². The number of hydrogen-bond acceptors (Lipinski definition) is 6. The van der Waals surface area contributed by atoms with Crippen molar-refractivity contribution in [1.82, 2.24) is 9.88 Å². The van der Waals surface area contributed by atoms with Gasteiger partial charge in [-0.05, 0) is 35.2 Å². The Morgan fingerprint density at radius 3 is 2.15 bits per heavy atom. The molecule has 8 nitrogen and oxygen atoms in total. The smallest absolute Gasteiger partial charge is 0.475 e. The molecule has 0 atom stereocenters. The lowest BCUT2D eigenvalue weighted by atomic mass is 9.97. The Morgan fingerprint density at radius 1 is 1.12 bits per heavy atom. The summed E-state index contributed by atoms with van der Waals surface area (Å²) < 4.78 is 74.1. The number of aromatic nitrogens is 1.